The van der Waals surface area contributed by atoms with Crippen LogP contribution in [-0.2, 0) is 11.8 Å². The number of hydrogen-bond donors (Lipinski definition) is 2. The van der Waals surface area contributed by atoms with Crippen molar-refractivity contribution in [1.29, 1.82) is 0 Å². The van der Waals surface area contributed by atoms with E-state index in [2.05, 4.69) is 15.2 Å². The van der Waals surface area contributed by atoms with E-state index in [1.807, 2.05) is 18.7 Å². The number of fused-ring (bicyclic) bond motifs is 1. The zero-order valence-corrected chi connectivity index (χ0v) is 11.9. The number of ether oxygens (including phenoxy) is 1. The lowest BCUT2D eigenvalue weighted by Gasteiger charge is -2.39. The lowest BCUT2D eigenvalue weighted by atomic mass is 10.1. The first-order chi connectivity index (χ1) is 9.63. The average Bonchev–Trinajstić information content (AvgIpc) is 3.01. The van der Waals surface area contributed by atoms with E-state index in [9.17, 15) is 0 Å². The van der Waals surface area contributed by atoms with Gasteiger partial charge in [-0.1, -0.05) is 5.16 Å². The first-order valence-corrected chi connectivity index (χ1v) is 7.03. The maximum atomic E-state index is 9.01. The SMILES string of the molecule is Cc1nn(C)c(N2CCOC3CCCC32)c1C(N)=NO. The maximum absolute atomic E-state index is 9.01. The normalized spacial score (nSPS) is 26.9. The molecule has 0 aromatic carbocycles. The van der Waals surface area contributed by atoms with Crippen molar-refractivity contribution in [2.24, 2.45) is 17.9 Å². The second kappa shape index (κ2) is 4.97. The fourth-order valence-corrected chi connectivity index (χ4v) is 3.51. The number of aryl methyl sites for hydroxylation is 2. The zero-order valence-electron chi connectivity index (χ0n) is 11.9. The molecule has 3 N–H and O–H groups in total. The number of hydrogen-bond acceptors (Lipinski definition) is 5. The van der Waals surface area contributed by atoms with Crippen molar-refractivity contribution in [1.82, 2.24) is 9.78 Å². The monoisotopic (exact) mass is 279 g/mol. The lowest BCUT2D eigenvalue weighted by Crippen LogP contribution is -2.50. The summed E-state index contributed by atoms with van der Waals surface area (Å²) in [6.45, 7) is 3.40. The topological polar surface area (TPSA) is 88.9 Å². The number of aromatic nitrogens is 2. The van der Waals surface area contributed by atoms with Crippen LogP contribution in [0.15, 0.2) is 5.16 Å². The molecule has 0 radical (unpaired) electrons. The third kappa shape index (κ3) is 1.93. The fraction of sp³-hybridized carbons (Fsp3) is 0.692. The highest BCUT2D eigenvalue weighted by molar-refractivity contribution is 6.02. The molecule has 1 saturated carbocycles. The van der Waals surface area contributed by atoms with Crippen LogP contribution in [0.1, 0.15) is 30.5 Å². The van der Waals surface area contributed by atoms with Crippen LogP contribution in [0, 0.1) is 6.92 Å². The Hall–Kier alpha value is -1.76. The molecule has 110 valence electrons. The van der Waals surface area contributed by atoms with Crippen molar-refractivity contribution >= 4 is 11.7 Å². The average molecular weight is 279 g/mol. The van der Waals surface area contributed by atoms with Crippen LogP contribution < -0.4 is 10.6 Å². The second-order valence-corrected chi connectivity index (χ2v) is 5.49. The third-order valence-electron chi connectivity index (χ3n) is 4.31. The van der Waals surface area contributed by atoms with E-state index in [-0.39, 0.29) is 5.84 Å². The van der Waals surface area contributed by atoms with E-state index < -0.39 is 0 Å². The Morgan fingerprint density at radius 1 is 1.50 bits per heavy atom. The molecule has 1 saturated heterocycles. The summed E-state index contributed by atoms with van der Waals surface area (Å²) in [4.78, 5) is 2.31. The van der Waals surface area contributed by atoms with Crippen LogP contribution in [0.4, 0.5) is 5.82 Å². The number of amidine groups is 1. The molecular formula is C13H21N5O2. The van der Waals surface area contributed by atoms with E-state index in [4.69, 9.17) is 15.7 Å². The summed E-state index contributed by atoms with van der Waals surface area (Å²) in [7, 11) is 1.90. The Morgan fingerprint density at radius 3 is 3.05 bits per heavy atom. The summed E-state index contributed by atoms with van der Waals surface area (Å²) in [5.41, 5.74) is 7.34. The molecule has 0 bridgehead atoms. The van der Waals surface area contributed by atoms with Crippen LogP contribution in [0.3, 0.4) is 0 Å². The largest absolute Gasteiger partial charge is 0.409 e. The Kier molecular flexibility index (Phi) is 3.29. The standard InChI is InChI=1S/C13H21N5O2/c1-8-11(12(14)16-19)13(17(2)15-8)18-6-7-20-10-5-3-4-9(10)18/h9-10,19H,3-7H2,1-2H3,(H2,14,16). The molecule has 1 aromatic rings. The Balaban J connectivity index is 2.05. The summed E-state index contributed by atoms with van der Waals surface area (Å²) >= 11 is 0. The van der Waals surface area contributed by atoms with Crippen LogP contribution in [-0.4, -0.2) is 46.1 Å². The first kappa shape index (κ1) is 13.2. The van der Waals surface area contributed by atoms with Crippen molar-refractivity contribution in [2.45, 2.75) is 38.3 Å². The minimum atomic E-state index is 0.117. The van der Waals surface area contributed by atoms with Gasteiger partial charge in [0.25, 0.3) is 0 Å². The van der Waals surface area contributed by atoms with Crippen molar-refractivity contribution in [2.75, 3.05) is 18.1 Å². The Labute approximate surface area is 118 Å². The Bertz CT molecular complexity index is 539. The molecule has 1 aliphatic carbocycles. The molecule has 3 rings (SSSR count). The molecule has 7 heteroatoms. The number of nitrogens with two attached hydrogens (primary N) is 1. The van der Waals surface area contributed by atoms with Gasteiger partial charge in [-0.25, -0.2) is 0 Å². The Morgan fingerprint density at radius 2 is 2.30 bits per heavy atom. The van der Waals surface area contributed by atoms with Crippen LogP contribution in [0.5, 0.6) is 0 Å². The van der Waals surface area contributed by atoms with Crippen molar-refractivity contribution in [3.05, 3.63) is 11.3 Å². The van der Waals surface area contributed by atoms with Crippen LogP contribution in [0.25, 0.3) is 0 Å². The molecule has 7 nitrogen and oxygen atoms in total. The molecule has 2 atom stereocenters. The van der Waals surface area contributed by atoms with E-state index in [0.29, 0.717) is 18.8 Å². The molecule has 1 aromatic heterocycles. The van der Waals surface area contributed by atoms with Gasteiger partial charge < -0.3 is 20.6 Å². The van der Waals surface area contributed by atoms with Gasteiger partial charge in [-0.15, -0.1) is 0 Å². The predicted molar refractivity (Wildman–Crippen MR) is 75.2 cm³/mol. The quantitative estimate of drug-likeness (QED) is 0.358. The molecule has 0 spiro atoms. The van der Waals surface area contributed by atoms with Gasteiger partial charge in [-0.05, 0) is 26.2 Å². The van der Waals surface area contributed by atoms with Gasteiger partial charge in [0.2, 0.25) is 0 Å². The summed E-state index contributed by atoms with van der Waals surface area (Å²) in [5, 5.41) is 16.6. The highest BCUT2D eigenvalue weighted by atomic mass is 16.5. The third-order valence-corrected chi connectivity index (χ3v) is 4.31. The van der Waals surface area contributed by atoms with Crippen molar-refractivity contribution in [3.8, 4) is 0 Å². The number of nitrogens with zero attached hydrogens (tertiary/aromatic N) is 4. The summed E-state index contributed by atoms with van der Waals surface area (Å²) in [5.74, 6) is 1.05. The van der Waals surface area contributed by atoms with Crippen molar-refractivity contribution in [3.63, 3.8) is 0 Å². The maximum Gasteiger partial charge on any atom is 0.175 e. The molecule has 0 amide bonds. The van der Waals surface area contributed by atoms with Gasteiger partial charge >= 0.3 is 0 Å². The highest BCUT2D eigenvalue weighted by Gasteiger charge is 2.38. The van der Waals surface area contributed by atoms with Gasteiger partial charge in [-0.3, -0.25) is 4.68 Å². The van der Waals surface area contributed by atoms with Gasteiger partial charge in [0.15, 0.2) is 5.84 Å². The molecule has 2 fully saturated rings. The lowest BCUT2D eigenvalue weighted by molar-refractivity contribution is 0.0250. The van der Waals surface area contributed by atoms with Gasteiger partial charge in [0.05, 0.1) is 30.0 Å². The van der Waals surface area contributed by atoms with Gasteiger partial charge in [-0.2, -0.15) is 5.10 Å². The summed E-state index contributed by atoms with van der Waals surface area (Å²) in [6, 6.07) is 0.365. The number of morpholine rings is 1. The van der Waals surface area contributed by atoms with Gasteiger partial charge in [0.1, 0.15) is 5.82 Å². The van der Waals surface area contributed by atoms with Crippen molar-refractivity contribution < 1.29 is 9.94 Å². The predicted octanol–water partition coefficient (Wildman–Crippen LogP) is 0.581. The van der Waals surface area contributed by atoms with E-state index >= 15 is 0 Å². The summed E-state index contributed by atoms with van der Waals surface area (Å²) < 4.78 is 7.67. The number of rotatable bonds is 2. The van der Waals surface area contributed by atoms with Crippen LogP contribution in [0.2, 0.25) is 0 Å². The minimum absolute atomic E-state index is 0.117. The molecule has 1 aliphatic heterocycles. The smallest absolute Gasteiger partial charge is 0.175 e. The molecule has 2 unspecified atom stereocenters. The van der Waals surface area contributed by atoms with E-state index in [0.717, 1.165) is 36.5 Å². The van der Waals surface area contributed by atoms with Gasteiger partial charge in [0, 0.05) is 13.6 Å². The molecule has 2 aliphatic rings. The van der Waals surface area contributed by atoms with Crippen LogP contribution >= 0.6 is 0 Å². The minimum Gasteiger partial charge on any atom is -0.409 e. The highest BCUT2D eigenvalue weighted by Crippen LogP contribution is 2.35. The number of oxime groups is 1. The van der Waals surface area contributed by atoms with E-state index in [1.54, 1.807) is 0 Å². The number of anilines is 1. The molecule has 2 heterocycles. The fourth-order valence-electron chi connectivity index (χ4n) is 3.51. The molecule has 20 heavy (non-hydrogen) atoms. The first-order valence-electron chi connectivity index (χ1n) is 7.03. The molecular weight excluding hydrogens is 258 g/mol. The zero-order chi connectivity index (χ0) is 14.3. The van der Waals surface area contributed by atoms with E-state index in [1.165, 1.54) is 6.42 Å². The summed E-state index contributed by atoms with van der Waals surface area (Å²) in [6.07, 6.45) is 3.70. The second-order valence-electron chi connectivity index (χ2n) is 5.49.